The van der Waals surface area contributed by atoms with Gasteiger partial charge in [0, 0.05) is 31.7 Å². The molecule has 3 aliphatic rings. The monoisotopic (exact) mass is 324 g/mol. The number of aliphatic hydroxyl groups excluding tert-OH is 1. The van der Waals surface area contributed by atoms with E-state index in [1.54, 1.807) is 0 Å². The first-order valence-corrected chi connectivity index (χ1v) is 9.28. The Morgan fingerprint density at radius 1 is 1.04 bits per heavy atom. The number of hydrogen-bond acceptors (Lipinski definition) is 4. The number of amides is 2. The van der Waals surface area contributed by atoms with E-state index in [0.717, 1.165) is 51.4 Å². The van der Waals surface area contributed by atoms with E-state index in [0.29, 0.717) is 6.04 Å². The maximum absolute atomic E-state index is 12.4. The zero-order chi connectivity index (χ0) is 16.2. The lowest BCUT2D eigenvalue weighted by Crippen LogP contribution is -2.53. The van der Waals surface area contributed by atoms with Gasteiger partial charge in [0.2, 0.25) is 0 Å². The maximum Gasteiger partial charge on any atom is 0.317 e. The zero-order valence-corrected chi connectivity index (χ0v) is 14.4. The van der Waals surface area contributed by atoms with E-state index in [9.17, 15) is 9.90 Å². The fraction of sp³-hybridized carbons (Fsp3) is 0.941. The molecule has 0 unspecified atom stereocenters. The van der Waals surface area contributed by atoms with Crippen LogP contribution in [-0.2, 0) is 0 Å². The summed E-state index contributed by atoms with van der Waals surface area (Å²) >= 11 is 0. The normalized spacial score (nSPS) is 29.1. The largest absolute Gasteiger partial charge is 0.394 e. The van der Waals surface area contributed by atoms with Crippen molar-refractivity contribution in [1.29, 1.82) is 0 Å². The van der Waals surface area contributed by atoms with Crippen molar-refractivity contribution in [3.8, 4) is 0 Å². The molecule has 6 nitrogen and oxygen atoms in total. The molecule has 2 amide bonds. The third-order valence-electron chi connectivity index (χ3n) is 5.91. The first kappa shape index (κ1) is 17.0. The third kappa shape index (κ3) is 4.17. The van der Waals surface area contributed by atoms with Crippen LogP contribution in [0.25, 0.3) is 0 Å². The van der Waals surface area contributed by atoms with Crippen LogP contribution in [-0.4, -0.2) is 90.3 Å². The molecule has 0 bridgehead atoms. The van der Waals surface area contributed by atoms with Crippen molar-refractivity contribution < 1.29 is 9.90 Å². The van der Waals surface area contributed by atoms with Gasteiger partial charge in [-0.05, 0) is 58.7 Å². The van der Waals surface area contributed by atoms with E-state index in [4.69, 9.17) is 0 Å². The third-order valence-corrected chi connectivity index (χ3v) is 5.91. The van der Waals surface area contributed by atoms with Gasteiger partial charge in [0.05, 0.1) is 12.6 Å². The van der Waals surface area contributed by atoms with Crippen LogP contribution in [0.4, 0.5) is 4.79 Å². The summed E-state index contributed by atoms with van der Waals surface area (Å²) in [5, 5.41) is 12.6. The molecule has 6 heteroatoms. The predicted molar refractivity (Wildman–Crippen MR) is 90.5 cm³/mol. The first-order chi connectivity index (χ1) is 11.2. The van der Waals surface area contributed by atoms with Crippen molar-refractivity contribution in [2.45, 2.75) is 56.7 Å². The zero-order valence-electron chi connectivity index (χ0n) is 14.4. The molecule has 0 saturated carbocycles. The second-order valence-electron chi connectivity index (χ2n) is 7.47. The quantitative estimate of drug-likeness (QED) is 0.803. The van der Waals surface area contributed by atoms with Gasteiger partial charge in [-0.25, -0.2) is 4.79 Å². The van der Waals surface area contributed by atoms with E-state index in [1.165, 1.54) is 25.9 Å². The molecule has 3 heterocycles. The van der Waals surface area contributed by atoms with Crippen LogP contribution in [0.15, 0.2) is 0 Å². The highest BCUT2D eigenvalue weighted by Crippen LogP contribution is 2.21. The number of nitrogens with one attached hydrogen (secondary N) is 1. The van der Waals surface area contributed by atoms with Crippen LogP contribution < -0.4 is 5.32 Å². The fourth-order valence-electron chi connectivity index (χ4n) is 4.32. The summed E-state index contributed by atoms with van der Waals surface area (Å²) in [5.41, 5.74) is 0. The van der Waals surface area contributed by atoms with Crippen LogP contribution in [0.1, 0.15) is 38.5 Å². The van der Waals surface area contributed by atoms with E-state index >= 15 is 0 Å². The Morgan fingerprint density at radius 3 is 2.39 bits per heavy atom. The standard InChI is InChI=1S/C17H32N4O2/c1-19-9-6-15(7-10-19)20-11-4-14(5-12-20)18-17(23)21-8-2-3-16(21)13-22/h14-16,22H,2-13H2,1H3,(H,18,23)/t16-/m0/s1. The molecule has 1 atom stereocenters. The molecule has 0 spiro atoms. The molecular formula is C17H32N4O2. The molecule has 0 aromatic rings. The van der Waals surface area contributed by atoms with Crippen LogP contribution >= 0.6 is 0 Å². The molecule has 3 fully saturated rings. The number of nitrogens with zero attached hydrogens (tertiary/aromatic N) is 3. The molecule has 132 valence electrons. The molecule has 0 aliphatic carbocycles. The van der Waals surface area contributed by atoms with E-state index < -0.39 is 0 Å². The average Bonchev–Trinajstić information content (AvgIpc) is 3.05. The molecule has 0 aromatic heterocycles. The first-order valence-electron chi connectivity index (χ1n) is 9.28. The van der Waals surface area contributed by atoms with Gasteiger partial charge in [0.1, 0.15) is 0 Å². The second-order valence-corrected chi connectivity index (χ2v) is 7.47. The van der Waals surface area contributed by atoms with Gasteiger partial charge in [-0.15, -0.1) is 0 Å². The van der Waals surface area contributed by atoms with Crippen molar-refractivity contribution in [2.75, 3.05) is 46.4 Å². The number of likely N-dealkylation sites (tertiary alicyclic amines) is 3. The average molecular weight is 324 g/mol. The Kier molecular flexibility index (Phi) is 5.77. The minimum Gasteiger partial charge on any atom is -0.394 e. The lowest BCUT2D eigenvalue weighted by Gasteiger charge is -2.41. The van der Waals surface area contributed by atoms with Crippen LogP contribution in [0.5, 0.6) is 0 Å². The lowest BCUT2D eigenvalue weighted by atomic mass is 9.98. The number of urea groups is 1. The second kappa shape index (κ2) is 7.81. The van der Waals surface area contributed by atoms with Gasteiger partial charge in [0.15, 0.2) is 0 Å². The van der Waals surface area contributed by atoms with Crippen LogP contribution in [0, 0.1) is 0 Å². The van der Waals surface area contributed by atoms with Crippen molar-refractivity contribution in [3.05, 3.63) is 0 Å². The van der Waals surface area contributed by atoms with Gasteiger partial charge in [-0.1, -0.05) is 0 Å². The fourth-order valence-corrected chi connectivity index (χ4v) is 4.32. The summed E-state index contributed by atoms with van der Waals surface area (Å²) in [7, 11) is 2.20. The predicted octanol–water partition coefficient (Wildman–Crippen LogP) is 0.711. The van der Waals surface area contributed by atoms with Crippen molar-refractivity contribution in [3.63, 3.8) is 0 Å². The summed E-state index contributed by atoms with van der Waals surface area (Å²) in [6.45, 7) is 5.48. The molecule has 0 radical (unpaired) electrons. The molecule has 2 N–H and O–H groups in total. The minimum atomic E-state index is 0.0225. The number of rotatable bonds is 3. The molecule has 3 rings (SSSR count). The van der Waals surface area contributed by atoms with E-state index in [2.05, 4.69) is 22.2 Å². The molecule has 3 aliphatic heterocycles. The van der Waals surface area contributed by atoms with Gasteiger partial charge < -0.3 is 25.1 Å². The number of carbonyl (C=O) groups excluding carboxylic acids is 1. The molecular weight excluding hydrogens is 292 g/mol. The summed E-state index contributed by atoms with van der Waals surface area (Å²) in [4.78, 5) is 19.3. The van der Waals surface area contributed by atoms with Gasteiger partial charge in [-0.2, -0.15) is 0 Å². The highest BCUT2D eigenvalue weighted by atomic mass is 16.3. The topological polar surface area (TPSA) is 59.0 Å². The Labute approximate surface area is 139 Å². The van der Waals surface area contributed by atoms with Gasteiger partial charge >= 0.3 is 6.03 Å². The Morgan fingerprint density at radius 2 is 1.74 bits per heavy atom. The minimum absolute atomic E-state index is 0.0225. The van der Waals surface area contributed by atoms with Crippen LogP contribution in [0.2, 0.25) is 0 Å². The van der Waals surface area contributed by atoms with E-state index in [-0.39, 0.29) is 18.7 Å². The Balaban J connectivity index is 1.41. The summed E-state index contributed by atoms with van der Waals surface area (Å²) in [6, 6.07) is 1.08. The van der Waals surface area contributed by atoms with Gasteiger partial charge in [-0.3, -0.25) is 0 Å². The molecule has 3 saturated heterocycles. The number of piperidine rings is 2. The Bertz CT molecular complexity index is 390. The number of hydrogen-bond donors (Lipinski definition) is 2. The van der Waals surface area contributed by atoms with Crippen LogP contribution in [0.3, 0.4) is 0 Å². The summed E-state index contributed by atoms with van der Waals surface area (Å²) in [5.74, 6) is 0. The molecule has 23 heavy (non-hydrogen) atoms. The smallest absolute Gasteiger partial charge is 0.317 e. The molecule has 0 aromatic carbocycles. The summed E-state index contributed by atoms with van der Waals surface area (Å²) < 4.78 is 0. The maximum atomic E-state index is 12.4. The SMILES string of the molecule is CN1CCC(N2CCC(NC(=O)N3CCC[C@H]3CO)CC2)CC1. The highest BCUT2D eigenvalue weighted by Gasteiger charge is 2.31. The lowest BCUT2D eigenvalue weighted by molar-refractivity contribution is 0.0909. The Hall–Kier alpha value is -0.850. The number of carbonyl (C=O) groups is 1. The van der Waals surface area contributed by atoms with Crippen molar-refractivity contribution >= 4 is 6.03 Å². The van der Waals surface area contributed by atoms with Crippen molar-refractivity contribution in [1.82, 2.24) is 20.0 Å². The number of aliphatic hydroxyl groups is 1. The summed E-state index contributed by atoms with van der Waals surface area (Å²) in [6.07, 6.45) is 6.59. The van der Waals surface area contributed by atoms with E-state index in [1.807, 2.05) is 4.90 Å². The van der Waals surface area contributed by atoms with Gasteiger partial charge in [0.25, 0.3) is 0 Å². The highest BCUT2D eigenvalue weighted by molar-refractivity contribution is 5.75. The van der Waals surface area contributed by atoms with Crippen molar-refractivity contribution in [2.24, 2.45) is 0 Å².